The van der Waals surface area contributed by atoms with Crippen molar-refractivity contribution in [2.45, 2.75) is 33.3 Å². The zero-order valence-corrected chi connectivity index (χ0v) is 24.2. The molecular formula is C33H31N3O7. The van der Waals surface area contributed by atoms with Gasteiger partial charge in [0.15, 0.2) is 17.3 Å². The van der Waals surface area contributed by atoms with Crippen LogP contribution in [0, 0.1) is 23.0 Å². The van der Waals surface area contributed by atoms with Crippen LogP contribution in [-0.2, 0) is 20.9 Å². The molecule has 2 aliphatic rings. The molecule has 10 heteroatoms. The summed E-state index contributed by atoms with van der Waals surface area (Å²) < 4.78 is 16.8. The van der Waals surface area contributed by atoms with Crippen LogP contribution in [0.2, 0.25) is 0 Å². The highest BCUT2D eigenvalue weighted by molar-refractivity contribution is 6.21. The summed E-state index contributed by atoms with van der Waals surface area (Å²) in [5.74, 6) is -0.519. The zero-order valence-electron chi connectivity index (χ0n) is 24.2. The summed E-state index contributed by atoms with van der Waals surface area (Å²) in [5, 5.41) is 14.1. The molecule has 0 bridgehead atoms. The van der Waals surface area contributed by atoms with Gasteiger partial charge in [-0.1, -0.05) is 35.9 Å². The number of nitro groups is 1. The Kier molecular flexibility index (Phi) is 8.38. The van der Waals surface area contributed by atoms with Crippen molar-refractivity contribution >= 4 is 29.4 Å². The number of aryl methyl sites for hydroxylation is 1. The number of fused-ring (bicyclic) bond motifs is 1. The van der Waals surface area contributed by atoms with Crippen LogP contribution in [0.15, 0.2) is 88.7 Å². The van der Waals surface area contributed by atoms with Crippen molar-refractivity contribution in [2.24, 2.45) is 10.9 Å². The fourth-order valence-electron chi connectivity index (χ4n) is 5.26. The summed E-state index contributed by atoms with van der Waals surface area (Å²) in [6.45, 7) is 5.92. The number of esters is 1. The molecule has 0 saturated carbocycles. The number of hydrogen-bond donors (Lipinski definition) is 1. The number of amidine groups is 1. The van der Waals surface area contributed by atoms with Gasteiger partial charge < -0.3 is 19.5 Å². The molecule has 0 amide bonds. The third-order valence-electron chi connectivity index (χ3n) is 7.40. The number of carbonyl (C=O) groups excluding carboxylic acids is 2. The molecule has 0 aliphatic carbocycles. The van der Waals surface area contributed by atoms with Crippen molar-refractivity contribution in [3.63, 3.8) is 0 Å². The number of aliphatic imine (C=N–C) groups is 1. The molecule has 2 heterocycles. The number of ether oxygens (including phenoxy) is 3. The van der Waals surface area contributed by atoms with E-state index in [0.29, 0.717) is 34.2 Å². The maximum absolute atomic E-state index is 13.9. The lowest BCUT2D eigenvalue weighted by Gasteiger charge is -2.32. The van der Waals surface area contributed by atoms with Crippen LogP contribution in [0.4, 0.5) is 5.69 Å². The Balaban J connectivity index is 1.41. The molecule has 0 spiro atoms. The molecule has 43 heavy (non-hydrogen) atoms. The van der Waals surface area contributed by atoms with Crippen LogP contribution in [0.1, 0.15) is 42.0 Å². The van der Waals surface area contributed by atoms with Crippen LogP contribution in [0.5, 0.6) is 11.5 Å². The number of nitro benzene ring substituents is 1. The Labute approximate surface area is 248 Å². The number of methoxy groups -OCH3 is 1. The first-order chi connectivity index (χ1) is 20.7. The van der Waals surface area contributed by atoms with Crippen LogP contribution in [0.25, 0.3) is 6.08 Å². The number of nitrogens with zero attached hydrogens (tertiary/aromatic N) is 2. The second kappa shape index (κ2) is 12.3. The SMILES string of the molecule is CCOC(=O)C1=C(C)NC2=N/C(=C\c3ccc(OCc4ccc([N+](=O)[O-])cc4)c(OC)c3)C(=O)C2C1c1ccc(C)cc1. The molecule has 2 unspecified atom stereocenters. The first-order valence-electron chi connectivity index (χ1n) is 13.8. The number of non-ortho nitro benzene ring substituents is 1. The van der Waals surface area contributed by atoms with E-state index < -0.39 is 22.7 Å². The summed E-state index contributed by atoms with van der Waals surface area (Å²) in [5.41, 5.74) is 4.61. The van der Waals surface area contributed by atoms with Gasteiger partial charge in [0.05, 0.1) is 30.1 Å². The minimum absolute atomic E-state index is 0.00652. The van der Waals surface area contributed by atoms with Gasteiger partial charge in [-0.2, -0.15) is 0 Å². The maximum Gasteiger partial charge on any atom is 0.336 e. The van der Waals surface area contributed by atoms with E-state index in [4.69, 9.17) is 14.2 Å². The summed E-state index contributed by atoms with van der Waals surface area (Å²) in [7, 11) is 1.52. The molecule has 2 atom stereocenters. The van der Waals surface area contributed by atoms with Gasteiger partial charge in [-0.05, 0) is 67.8 Å². The van der Waals surface area contributed by atoms with Gasteiger partial charge in [0.25, 0.3) is 5.69 Å². The number of hydrogen-bond acceptors (Lipinski definition) is 9. The zero-order chi connectivity index (χ0) is 30.7. The summed E-state index contributed by atoms with van der Waals surface area (Å²) >= 11 is 0. The number of carbonyl (C=O) groups is 2. The maximum atomic E-state index is 13.9. The lowest BCUT2D eigenvalue weighted by molar-refractivity contribution is -0.384. The second-order valence-corrected chi connectivity index (χ2v) is 10.3. The summed E-state index contributed by atoms with van der Waals surface area (Å²) in [6, 6.07) is 19.2. The number of nitrogens with one attached hydrogen (secondary N) is 1. The Morgan fingerprint density at radius 2 is 1.74 bits per heavy atom. The average Bonchev–Trinajstić information content (AvgIpc) is 3.30. The normalized spacial score (nSPS) is 18.6. The van der Waals surface area contributed by atoms with Gasteiger partial charge in [-0.25, -0.2) is 9.79 Å². The lowest BCUT2D eigenvalue weighted by atomic mass is 9.75. The molecule has 3 aromatic carbocycles. The minimum atomic E-state index is -0.705. The van der Waals surface area contributed by atoms with Gasteiger partial charge in [0.2, 0.25) is 0 Å². The van der Waals surface area contributed by atoms with Crippen LogP contribution < -0.4 is 14.8 Å². The standard InChI is InChI=1S/C33H31N3O7/c1-5-42-33(38)28-20(3)34-32-30(29(28)23-11-6-19(2)7-12-23)31(37)25(35-32)16-22-10-15-26(27(17-22)41-4)43-18-21-8-13-24(14-9-21)36(39)40/h6-17,29-30H,5,18H2,1-4H3,(H,34,35)/b25-16-. The Hall–Kier alpha value is -5.25. The topological polar surface area (TPSA) is 129 Å². The van der Waals surface area contributed by atoms with Crippen molar-refractivity contribution in [1.29, 1.82) is 0 Å². The van der Waals surface area contributed by atoms with Gasteiger partial charge in [-0.15, -0.1) is 0 Å². The quantitative estimate of drug-likeness (QED) is 0.148. The molecular weight excluding hydrogens is 550 g/mol. The number of Topliss-reactive ketones (excluding diaryl/α,β-unsaturated/α-hetero) is 1. The van der Waals surface area contributed by atoms with E-state index in [1.807, 2.05) is 31.2 Å². The van der Waals surface area contributed by atoms with Crippen molar-refractivity contribution in [2.75, 3.05) is 13.7 Å². The predicted molar refractivity (Wildman–Crippen MR) is 161 cm³/mol. The second-order valence-electron chi connectivity index (χ2n) is 10.3. The molecule has 0 aromatic heterocycles. The number of allylic oxidation sites excluding steroid dienone is 2. The molecule has 0 saturated heterocycles. The molecule has 0 fully saturated rings. The fraction of sp³-hybridized carbons (Fsp3) is 0.242. The molecule has 3 aromatic rings. The van der Waals surface area contributed by atoms with Crippen molar-refractivity contribution in [3.8, 4) is 11.5 Å². The van der Waals surface area contributed by atoms with Crippen molar-refractivity contribution in [3.05, 3.63) is 116 Å². The summed E-state index contributed by atoms with van der Waals surface area (Å²) in [6.07, 6.45) is 1.68. The van der Waals surface area contributed by atoms with E-state index in [9.17, 15) is 19.7 Å². The van der Waals surface area contributed by atoms with Gasteiger partial charge in [-0.3, -0.25) is 14.9 Å². The fourth-order valence-corrected chi connectivity index (χ4v) is 5.26. The van der Waals surface area contributed by atoms with Crippen LogP contribution in [-0.4, -0.2) is 36.2 Å². The highest BCUT2D eigenvalue weighted by Gasteiger charge is 2.47. The lowest BCUT2D eigenvalue weighted by Crippen LogP contribution is -2.42. The average molecular weight is 582 g/mol. The third kappa shape index (κ3) is 6.04. The monoisotopic (exact) mass is 581 g/mol. The molecule has 2 aliphatic heterocycles. The Morgan fingerprint density at radius 3 is 2.40 bits per heavy atom. The van der Waals surface area contributed by atoms with E-state index in [0.717, 1.165) is 16.7 Å². The van der Waals surface area contributed by atoms with E-state index in [1.54, 1.807) is 50.3 Å². The van der Waals surface area contributed by atoms with E-state index in [-0.39, 0.29) is 30.4 Å². The van der Waals surface area contributed by atoms with Gasteiger partial charge in [0.1, 0.15) is 18.1 Å². The third-order valence-corrected chi connectivity index (χ3v) is 7.40. The highest BCUT2D eigenvalue weighted by atomic mass is 16.6. The molecule has 0 radical (unpaired) electrons. The van der Waals surface area contributed by atoms with Crippen LogP contribution >= 0.6 is 0 Å². The molecule has 1 N–H and O–H groups in total. The van der Waals surface area contributed by atoms with E-state index in [2.05, 4.69) is 10.3 Å². The minimum Gasteiger partial charge on any atom is -0.493 e. The van der Waals surface area contributed by atoms with Crippen molar-refractivity contribution < 1.29 is 28.7 Å². The van der Waals surface area contributed by atoms with E-state index in [1.165, 1.54) is 19.2 Å². The number of benzene rings is 3. The molecule has 220 valence electrons. The van der Waals surface area contributed by atoms with Gasteiger partial charge in [0, 0.05) is 23.7 Å². The largest absolute Gasteiger partial charge is 0.493 e. The predicted octanol–water partition coefficient (Wildman–Crippen LogP) is 5.65. The van der Waals surface area contributed by atoms with E-state index >= 15 is 0 Å². The first-order valence-corrected chi connectivity index (χ1v) is 13.8. The molecule has 10 nitrogen and oxygen atoms in total. The Bertz CT molecular complexity index is 1670. The van der Waals surface area contributed by atoms with Crippen molar-refractivity contribution in [1.82, 2.24) is 5.32 Å². The first kappa shape index (κ1) is 29.2. The number of rotatable bonds is 9. The summed E-state index contributed by atoms with van der Waals surface area (Å²) in [4.78, 5) is 42.1. The van der Waals surface area contributed by atoms with Crippen LogP contribution in [0.3, 0.4) is 0 Å². The molecule has 5 rings (SSSR count). The Morgan fingerprint density at radius 1 is 1.02 bits per heavy atom. The highest BCUT2D eigenvalue weighted by Crippen LogP contribution is 2.43. The number of ketones is 1. The smallest absolute Gasteiger partial charge is 0.336 e. The van der Waals surface area contributed by atoms with Gasteiger partial charge >= 0.3 is 5.97 Å².